The van der Waals surface area contributed by atoms with E-state index in [1.165, 1.54) is 11.1 Å². The van der Waals surface area contributed by atoms with Crippen molar-refractivity contribution >= 4 is 0 Å². The minimum atomic E-state index is -0.667. The Morgan fingerprint density at radius 3 is 2.86 bits per heavy atom. The lowest BCUT2D eigenvalue weighted by Crippen LogP contribution is -2.28. The van der Waals surface area contributed by atoms with Crippen LogP contribution in [-0.4, -0.2) is 29.5 Å². The molecule has 1 aromatic rings. The normalized spacial score (nSPS) is 12.8. The van der Waals surface area contributed by atoms with Gasteiger partial charge in [-0.3, -0.25) is 0 Å². The first kappa shape index (κ1) is 11.2. The third kappa shape index (κ3) is 3.87. The molecule has 0 fully saturated rings. The van der Waals surface area contributed by atoms with Gasteiger partial charge in [0.1, 0.15) is 0 Å². The Balaban J connectivity index is 2.31. The van der Waals surface area contributed by atoms with Crippen LogP contribution < -0.4 is 5.32 Å². The predicted octanol–water partition coefficient (Wildman–Crippen LogP) is 0.438. The number of benzene rings is 1. The largest absolute Gasteiger partial charge is 0.394 e. The molecule has 0 spiro atoms. The van der Waals surface area contributed by atoms with Gasteiger partial charge in [-0.2, -0.15) is 0 Å². The molecule has 0 saturated heterocycles. The van der Waals surface area contributed by atoms with Gasteiger partial charge in [-0.15, -0.1) is 0 Å². The van der Waals surface area contributed by atoms with Gasteiger partial charge in [0.2, 0.25) is 0 Å². The second kappa shape index (κ2) is 5.75. The van der Waals surface area contributed by atoms with Gasteiger partial charge < -0.3 is 15.5 Å². The molecule has 3 nitrogen and oxygen atoms in total. The van der Waals surface area contributed by atoms with Gasteiger partial charge in [-0.1, -0.05) is 29.8 Å². The van der Waals surface area contributed by atoms with Crippen molar-refractivity contribution in [2.24, 2.45) is 0 Å². The maximum absolute atomic E-state index is 9.08. The van der Waals surface area contributed by atoms with Gasteiger partial charge in [0.15, 0.2) is 0 Å². The maximum Gasteiger partial charge on any atom is 0.0895 e. The Morgan fingerprint density at radius 1 is 1.43 bits per heavy atom. The van der Waals surface area contributed by atoms with Crippen LogP contribution >= 0.6 is 0 Å². The minimum Gasteiger partial charge on any atom is -0.394 e. The first-order valence-electron chi connectivity index (χ1n) is 4.77. The highest BCUT2D eigenvalue weighted by atomic mass is 16.3. The lowest BCUT2D eigenvalue weighted by molar-refractivity contribution is 0.0942. The molecule has 0 heterocycles. The van der Waals surface area contributed by atoms with Crippen molar-refractivity contribution in [1.82, 2.24) is 5.32 Å². The number of aliphatic hydroxyl groups excluding tert-OH is 2. The quantitative estimate of drug-likeness (QED) is 0.639. The van der Waals surface area contributed by atoms with E-state index in [0.717, 1.165) is 6.54 Å². The first-order valence-corrected chi connectivity index (χ1v) is 4.77. The summed E-state index contributed by atoms with van der Waals surface area (Å²) in [6.07, 6.45) is -0.667. The van der Waals surface area contributed by atoms with Crippen molar-refractivity contribution < 1.29 is 10.2 Å². The Morgan fingerprint density at radius 2 is 2.21 bits per heavy atom. The summed E-state index contributed by atoms with van der Waals surface area (Å²) < 4.78 is 0. The average Bonchev–Trinajstić information content (AvgIpc) is 2.17. The summed E-state index contributed by atoms with van der Waals surface area (Å²) >= 11 is 0. The van der Waals surface area contributed by atoms with Crippen LogP contribution in [0.3, 0.4) is 0 Å². The highest BCUT2D eigenvalue weighted by Gasteiger charge is 2.00. The van der Waals surface area contributed by atoms with Crippen LogP contribution in [0.2, 0.25) is 0 Å². The zero-order valence-electron chi connectivity index (χ0n) is 8.40. The van der Waals surface area contributed by atoms with Crippen molar-refractivity contribution in [2.45, 2.75) is 19.6 Å². The van der Waals surface area contributed by atoms with Gasteiger partial charge in [-0.25, -0.2) is 0 Å². The molecule has 78 valence electrons. The summed E-state index contributed by atoms with van der Waals surface area (Å²) in [5, 5.41) is 20.7. The van der Waals surface area contributed by atoms with E-state index in [0.29, 0.717) is 6.54 Å². The molecule has 0 aromatic heterocycles. The lowest BCUT2D eigenvalue weighted by Gasteiger charge is -2.09. The van der Waals surface area contributed by atoms with Crippen LogP contribution in [-0.2, 0) is 6.54 Å². The minimum absolute atomic E-state index is 0.194. The van der Waals surface area contributed by atoms with Crippen molar-refractivity contribution in [3.8, 4) is 0 Å². The second-order valence-corrected chi connectivity index (χ2v) is 3.46. The maximum atomic E-state index is 9.08. The Hall–Kier alpha value is -0.900. The highest BCUT2D eigenvalue weighted by molar-refractivity contribution is 5.21. The molecule has 0 radical (unpaired) electrons. The topological polar surface area (TPSA) is 52.5 Å². The van der Waals surface area contributed by atoms with Gasteiger partial charge in [0, 0.05) is 13.1 Å². The third-order valence-electron chi connectivity index (χ3n) is 2.00. The zero-order valence-corrected chi connectivity index (χ0v) is 8.40. The fraction of sp³-hybridized carbons (Fsp3) is 0.455. The van der Waals surface area contributed by atoms with Crippen molar-refractivity contribution in [2.75, 3.05) is 13.2 Å². The molecule has 3 N–H and O–H groups in total. The van der Waals surface area contributed by atoms with Crippen molar-refractivity contribution in [3.63, 3.8) is 0 Å². The molecule has 14 heavy (non-hydrogen) atoms. The van der Waals surface area contributed by atoms with E-state index in [2.05, 4.69) is 11.4 Å². The summed E-state index contributed by atoms with van der Waals surface area (Å²) in [4.78, 5) is 0. The van der Waals surface area contributed by atoms with Crippen LogP contribution in [0.25, 0.3) is 0 Å². The molecule has 1 aromatic carbocycles. The monoisotopic (exact) mass is 195 g/mol. The van der Waals surface area contributed by atoms with Gasteiger partial charge in [0.05, 0.1) is 12.7 Å². The average molecular weight is 195 g/mol. The molecule has 3 heteroatoms. The smallest absolute Gasteiger partial charge is 0.0895 e. The molecule has 1 rings (SSSR count). The van der Waals surface area contributed by atoms with Crippen LogP contribution in [0.5, 0.6) is 0 Å². The molecule has 0 aliphatic rings. The molecular formula is C11H17NO2. The number of hydrogen-bond donors (Lipinski definition) is 3. The van der Waals surface area contributed by atoms with E-state index < -0.39 is 6.10 Å². The number of aliphatic hydroxyl groups is 2. The third-order valence-corrected chi connectivity index (χ3v) is 2.00. The first-order chi connectivity index (χ1) is 6.72. The molecule has 0 aliphatic heterocycles. The summed E-state index contributed by atoms with van der Waals surface area (Å²) in [6, 6.07) is 8.19. The summed E-state index contributed by atoms with van der Waals surface area (Å²) in [5.74, 6) is 0. The summed E-state index contributed by atoms with van der Waals surface area (Å²) in [7, 11) is 0. The van der Waals surface area contributed by atoms with E-state index in [4.69, 9.17) is 10.2 Å². The number of nitrogens with one attached hydrogen (secondary N) is 1. The van der Waals surface area contributed by atoms with E-state index in [9.17, 15) is 0 Å². The predicted molar refractivity (Wildman–Crippen MR) is 56.0 cm³/mol. The van der Waals surface area contributed by atoms with E-state index in [1.807, 2.05) is 25.1 Å². The van der Waals surface area contributed by atoms with Crippen molar-refractivity contribution in [1.29, 1.82) is 0 Å². The standard InChI is InChI=1S/C11H17NO2/c1-9-3-2-4-10(5-9)6-12-7-11(14)8-13/h2-5,11-14H,6-8H2,1H3/t11-/m0/s1. The van der Waals surface area contributed by atoms with Crippen LogP contribution in [0, 0.1) is 6.92 Å². The fourth-order valence-electron chi connectivity index (χ4n) is 1.27. The van der Waals surface area contributed by atoms with Gasteiger partial charge >= 0.3 is 0 Å². The molecule has 0 aliphatic carbocycles. The van der Waals surface area contributed by atoms with Crippen LogP contribution in [0.1, 0.15) is 11.1 Å². The van der Waals surface area contributed by atoms with E-state index in [-0.39, 0.29) is 6.61 Å². The Labute approximate surface area is 84.4 Å². The second-order valence-electron chi connectivity index (χ2n) is 3.46. The SMILES string of the molecule is Cc1cccc(CNC[C@H](O)CO)c1. The Kier molecular flexibility index (Phi) is 4.59. The fourth-order valence-corrected chi connectivity index (χ4v) is 1.27. The van der Waals surface area contributed by atoms with Gasteiger partial charge in [-0.05, 0) is 12.5 Å². The van der Waals surface area contributed by atoms with E-state index >= 15 is 0 Å². The molecule has 0 saturated carbocycles. The summed E-state index contributed by atoms with van der Waals surface area (Å²) in [6.45, 7) is 3.00. The van der Waals surface area contributed by atoms with Crippen LogP contribution in [0.4, 0.5) is 0 Å². The van der Waals surface area contributed by atoms with E-state index in [1.54, 1.807) is 0 Å². The highest BCUT2D eigenvalue weighted by Crippen LogP contribution is 2.02. The summed E-state index contributed by atoms with van der Waals surface area (Å²) in [5.41, 5.74) is 2.42. The zero-order chi connectivity index (χ0) is 10.4. The van der Waals surface area contributed by atoms with Crippen LogP contribution in [0.15, 0.2) is 24.3 Å². The van der Waals surface area contributed by atoms with Gasteiger partial charge in [0.25, 0.3) is 0 Å². The molecule has 0 amide bonds. The molecular weight excluding hydrogens is 178 g/mol. The lowest BCUT2D eigenvalue weighted by atomic mass is 10.1. The molecule has 0 bridgehead atoms. The Bertz CT molecular complexity index is 276. The number of aryl methyl sites for hydroxylation is 1. The number of rotatable bonds is 5. The molecule has 1 atom stereocenters. The molecule has 0 unspecified atom stereocenters. The van der Waals surface area contributed by atoms with Crippen molar-refractivity contribution in [3.05, 3.63) is 35.4 Å². The number of hydrogen-bond acceptors (Lipinski definition) is 3.